The number of rotatable bonds is 4. The van der Waals surface area contributed by atoms with Gasteiger partial charge >= 0.3 is 5.97 Å². The predicted molar refractivity (Wildman–Crippen MR) is 77.7 cm³/mol. The Morgan fingerprint density at radius 3 is 2.47 bits per heavy atom. The summed E-state index contributed by atoms with van der Waals surface area (Å²) in [6.07, 6.45) is 0. The van der Waals surface area contributed by atoms with Crippen molar-refractivity contribution in [1.82, 2.24) is 0 Å². The van der Waals surface area contributed by atoms with Crippen LogP contribution in [0.4, 0.5) is 0 Å². The molecule has 0 spiro atoms. The first-order valence-corrected chi connectivity index (χ1v) is 6.53. The molecule has 0 fully saturated rings. The van der Waals surface area contributed by atoms with Crippen molar-refractivity contribution < 1.29 is 14.3 Å². The van der Waals surface area contributed by atoms with E-state index in [-0.39, 0.29) is 5.78 Å². The molecule has 0 heterocycles. The Labute approximate surface area is 121 Å². The number of carbonyl (C=O) groups is 2. The van der Waals surface area contributed by atoms with Crippen LogP contribution in [-0.2, 0) is 9.53 Å². The molecule has 4 nitrogen and oxygen atoms in total. The highest BCUT2D eigenvalue weighted by atomic mass is 79.9. The van der Waals surface area contributed by atoms with Gasteiger partial charge in [0.1, 0.15) is 0 Å². The number of carbonyl (C=O) groups excluding carboxylic acids is 2. The molecule has 102 valence electrons. The van der Waals surface area contributed by atoms with Gasteiger partial charge in [0.25, 0.3) is 0 Å². The summed E-state index contributed by atoms with van der Waals surface area (Å²) in [5, 5.41) is 0. The molecule has 0 radical (unpaired) electrons. The van der Waals surface area contributed by atoms with E-state index >= 15 is 0 Å². The summed E-state index contributed by atoms with van der Waals surface area (Å²) in [5.74, 6) is -1.87. The summed E-state index contributed by atoms with van der Waals surface area (Å²) < 4.78 is 5.60. The number of nitrogens with zero attached hydrogens (tertiary/aromatic N) is 1. The van der Waals surface area contributed by atoms with Gasteiger partial charge < -0.3 is 4.74 Å². The first kappa shape index (κ1) is 15.6. The van der Waals surface area contributed by atoms with E-state index < -0.39 is 11.9 Å². The third-order valence-corrected chi connectivity index (χ3v) is 3.80. The Balaban J connectivity index is 3.19. The molecule has 0 bridgehead atoms. The molecule has 0 N–H and O–H groups in total. The quantitative estimate of drug-likeness (QED) is 0.370. The van der Waals surface area contributed by atoms with Crippen molar-refractivity contribution in [1.29, 1.82) is 0 Å². The Morgan fingerprint density at radius 1 is 1.37 bits per heavy atom. The van der Waals surface area contributed by atoms with Gasteiger partial charge in [0.15, 0.2) is 11.7 Å². The zero-order chi connectivity index (χ0) is 14.6. The Kier molecular flexibility index (Phi) is 5.42. The van der Waals surface area contributed by atoms with Crippen LogP contribution in [0.2, 0.25) is 0 Å². The first-order valence-electron chi connectivity index (χ1n) is 5.73. The van der Waals surface area contributed by atoms with Crippen LogP contribution in [0.25, 0.3) is 0 Å². The molecule has 0 aromatic heterocycles. The number of Topliss-reactive ketones (excluding diaryl/α,β-unsaturated/α-hetero) is 1. The summed E-state index contributed by atoms with van der Waals surface area (Å²) in [6.45, 7) is 3.53. The van der Waals surface area contributed by atoms with Crippen LogP contribution in [0.1, 0.15) is 22.8 Å². The highest BCUT2D eigenvalue weighted by molar-refractivity contribution is 9.10. The van der Waals surface area contributed by atoms with Crippen molar-refractivity contribution >= 4 is 33.4 Å². The van der Waals surface area contributed by atoms with Crippen LogP contribution in [0.15, 0.2) is 27.7 Å². The molecule has 0 aliphatic rings. The monoisotopic (exact) mass is 325 g/mol. The molecule has 0 aliphatic carbocycles. The van der Waals surface area contributed by atoms with Crippen LogP contribution in [-0.4, -0.2) is 31.6 Å². The average molecular weight is 326 g/mol. The van der Waals surface area contributed by atoms with Crippen LogP contribution in [0.5, 0.6) is 0 Å². The molecule has 1 aromatic carbocycles. The van der Waals surface area contributed by atoms with Gasteiger partial charge in [0.2, 0.25) is 0 Å². The van der Waals surface area contributed by atoms with Gasteiger partial charge in [-0.15, -0.1) is 0 Å². The maximum Gasteiger partial charge on any atom is 0.322 e. The summed E-state index contributed by atoms with van der Waals surface area (Å²) >= 11 is 3.37. The summed E-state index contributed by atoms with van der Waals surface area (Å²) in [5.41, 5.74) is 1.84. The SMILES string of the molecule is CN=C(C)C(C(=O)OC)C(=O)c1ccc(Br)c(C)c1. The maximum absolute atomic E-state index is 12.4. The largest absolute Gasteiger partial charge is 0.468 e. The minimum Gasteiger partial charge on any atom is -0.468 e. The Morgan fingerprint density at radius 2 is 2.00 bits per heavy atom. The fourth-order valence-corrected chi connectivity index (χ4v) is 1.93. The number of hydrogen-bond donors (Lipinski definition) is 0. The van der Waals surface area contributed by atoms with Crippen LogP contribution >= 0.6 is 15.9 Å². The van der Waals surface area contributed by atoms with Gasteiger partial charge in [-0.2, -0.15) is 0 Å². The second kappa shape index (κ2) is 6.61. The van der Waals surface area contributed by atoms with Gasteiger partial charge in [0, 0.05) is 22.8 Å². The van der Waals surface area contributed by atoms with Crippen molar-refractivity contribution in [3.8, 4) is 0 Å². The van der Waals surface area contributed by atoms with E-state index in [1.165, 1.54) is 7.11 Å². The second-order valence-corrected chi connectivity index (χ2v) is 5.00. The third kappa shape index (κ3) is 3.50. The third-order valence-electron chi connectivity index (χ3n) is 2.91. The number of hydrogen-bond acceptors (Lipinski definition) is 4. The molecule has 1 rings (SSSR count). The van der Waals surface area contributed by atoms with Crippen molar-refractivity contribution in [3.05, 3.63) is 33.8 Å². The van der Waals surface area contributed by atoms with E-state index in [1.54, 1.807) is 32.2 Å². The van der Waals surface area contributed by atoms with E-state index in [1.807, 2.05) is 6.92 Å². The first-order chi connectivity index (χ1) is 8.92. The molecular weight excluding hydrogens is 310 g/mol. The topological polar surface area (TPSA) is 55.7 Å². The number of benzene rings is 1. The maximum atomic E-state index is 12.4. The fourth-order valence-electron chi connectivity index (χ4n) is 1.68. The molecule has 0 saturated carbocycles. The zero-order valence-corrected chi connectivity index (χ0v) is 12.9. The number of aryl methyl sites for hydroxylation is 1. The number of esters is 1. The van der Waals surface area contributed by atoms with E-state index in [0.29, 0.717) is 11.3 Å². The lowest BCUT2D eigenvalue weighted by molar-refractivity contribution is -0.141. The van der Waals surface area contributed by atoms with Crippen LogP contribution in [0, 0.1) is 12.8 Å². The predicted octanol–water partition coefficient (Wildman–Crippen LogP) is 2.82. The minimum atomic E-state index is -0.976. The molecule has 5 heteroatoms. The number of ketones is 1. The normalized spacial score (nSPS) is 13.0. The molecular formula is C14H16BrNO3. The van der Waals surface area contributed by atoms with Gasteiger partial charge in [-0.25, -0.2) is 0 Å². The average Bonchev–Trinajstić information content (AvgIpc) is 2.41. The lowest BCUT2D eigenvalue weighted by Gasteiger charge is -2.13. The van der Waals surface area contributed by atoms with Crippen LogP contribution < -0.4 is 0 Å². The van der Waals surface area contributed by atoms with E-state index in [0.717, 1.165) is 10.0 Å². The summed E-state index contributed by atoms with van der Waals surface area (Å²) in [4.78, 5) is 28.1. The van der Waals surface area contributed by atoms with E-state index in [4.69, 9.17) is 0 Å². The van der Waals surface area contributed by atoms with Crippen molar-refractivity contribution in [2.24, 2.45) is 10.9 Å². The minimum absolute atomic E-state index is 0.300. The Bertz CT molecular complexity index is 537. The molecule has 1 aromatic rings. The fraction of sp³-hybridized carbons (Fsp3) is 0.357. The smallest absolute Gasteiger partial charge is 0.322 e. The van der Waals surface area contributed by atoms with Crippen LogP contribution in [0.3, 0.4) is 0 Å². The lowest BCUT2D eigenvalue weighted by Crippen LogP contribution is -2.31. The number of ether oxygens (including phenoxy) is 1. The number of methoxy groups -OCH3 is 1. The zero-order valence-electron chi connectivity index (χ0n) is 11.4. The number of halogens is 1. The molecule has 19 heavy (non-hydrogen) atoms. The van der Waals surface area contributed by atoms with Gasteiger partial charge in [-0.05, 0) is 31.5 Å². The Hall–Kier alpha value is -1.49. The van der Waals surface area contributed by atoms with E-state index in [9.17, 15) is 9.59 Å². The summed E-state index contributed by atoms with van der Waals surface area (Å²) in [7, 11) is 2.81. The van der Waals surface area contributed by atoms with Crippen molar-refractivity contribution in [3.63, 3.8) is 0 Å². The van der Waals surface area contributed by atoms with Gasteiger partial charge in [0.05, 0.1) is 7.11 Å². The number of aliphatic imine (C=N–C) groups is 1. The molecule has 1 atom stereocenters. The van der Waals surface area contributed by atoms with E-state index in [2.05, 4.69) is 25.7 Å². The molecule has 0 aliphatic heterocycles. The highest BCUT2D eigenvalue weighted by Crippen LogP contribution is 2.20. The second-order valence-electron chi connectivity index (χ2n) is 4.15. The van der Waals surface area contributed by atoms with Gasteiger partial charge in [-0.1, -0.05) is 22.0 Å². The molecule has 1 unspecified atom stereocenters. The van der Waals surface area contributed by atoms with Gasteiger partial charge in [-0.3, -0.25) is 14.6 Å². The van der Waals surface area contributed by atoms with Crippen molar-refractivity contribution in [2.75, 3.05) is 14.2 Å². The molecule has 0 amide bonds. The summed E-state index contributed by atoms with van der Waals surface area (Å²) in [6, 6.07) is 5.21. The van der Waals surface area contributed by atoms with Crippen molar-refractivity contribution in [2.45, 2.75) is 13.8 Å². The molecule has 0 saturated heterocycles. The highest BCUT2D eigenvalue weighted by Gasteiger charge is 2.31. The lowest BCUT2D eigenvalue weighted by atomic mass is 9.93. The standard InChI is InChI=1S/C14H16BrNO3/c1-8-7-10(5-6-11(8)15)13(17)12(9(2)16-3)14(18)19-4/h5-7,12H,1-4H3.